The number of aromatic hydroxyl groups is 1. The summed E-state index contributed by atoms with van der Waals surface area (Å²) in [6, 6.07) is 6.03. The molecule has 0 atom stereocenters. The molecular weight excluding hydrogens is 172 g/mol. The molecule has 0 saturated heterocycles. The SMILES string of the molecule is CCc1ccc(CC(C)(C)C)cc1O. The van der Waals surface area contributed by atoms with E-state index in [2.05, 4.69) is 33.8 Å². The van der Waals surface area contributed by atoms with Gasteiger partial charge in [0.15, 0.2) is 0 Å². The molecule has 0 aromatic heterocycles. The summed E-state index contributed by atoms with van der Waals surface area (Å²) in [5.74, 6) is 0.439. The van der Waals surface area contributed by atoms with Crippen molar-refractivity contribution in [3.05, 3.63) is 29.3 Å². The summed E-state index contributed by atoms with van der Waals surface area (Å²) in [6.45, 7) is 8.67. The highest BCUT2D eigenvalue weighted by atomic mass is 16.3. The van der Waals surface area contributed by atoms with Crippen molar-refractivity contribution in [3.63, 3.8) is 0 Å². The quantitative estimate of drug-likeness (QED) is 0.759. The Morgan fingerprint density at radius 2 is 1.86 bits per heavy atom. The fourth-order valence-electron chi connectivity index (χ4n) is 1.63. The Morgan fingerprint density at radius 1 is 1.21 bits per heavy atom. The molecule has 1 aromatic carbocycles. The lowest BCUT2D eigenvalue weighted by molar-refractivity contribution is 0.409. The molecule has 0 aliphatic carbocycles. The minimum Gasteiger partial charge on any atom is -0.508 e. The van der Waals surface area contributed by atoms with E-state index in [0.29, 0.717) is 5.75 Å². The summed E-state index contributed by atoms with van der Waals surface area (Å²) >= 11 is 0. The van der Waals surface area contributed by atoms with Crippen molar-refractivity contribution < 1.29 is 5.11 Å². The van der Waals surface area contributed by atoms with Crippen LogP contribution in [-0.2, 0) is 12.8 Å². The van der Waals surface area contributed by atoms with Crippen LogP contribution in [0.25, 0.3) is 0 Å². The lowest BCUT2D eigenvalue weighted by atomic mass is 9.88. The highest BCUT2D eigenvalue weighted by Crippen LogP contribution is 2.25. The van der Waals surface area contributed by atoms with E-state index in [9.17, 15) is 5.11 Å². The third-order valence-corrected chi connectivity index (χ3v) is 2.27. The molecule has 0 aliphatic heterocycles. The van der Waals surface area contributed by atoms with Crippen LogP contribution < -0.4 is 0 Å². The Morgan fingerprint density at radius 3 is 2.29 bits per heavy atom. The van der Waals surface area contributed by atoms with E-state index < -0.39 is 0 Å². The number of aryl methyl sites for hydroxylation is 1. The lowest BCUT2D eigenvalue weighted by Crippen LogP contribution is -2.09. The van der Waals surface area contributed by atoms with E-state index in [4.69, 9.17) is 0 Å². The second-order valence-corrected chi connectivity index (χ2v) is 5.05. The van der Waals surface area contributed by atoms with Gasteiger partial charge in [-0.05, 0) is 35.4 Å². The van der Waals surface area contributed by atoms with E-state index in [0.717, 1.165) is 18.4 Å². The number of phenolic OH excluding ortho intramolecular Hbond substituents is 1. The topological polar surface area (TPSA) is 20.2 Å². The fraction of sp³-hybridized carbons (Fsp3) is 0.538. The third kappa shape index (κ3) is 3.06. The van der Waals surface area contributed by atoms with Crippen LogP contribution in [0.4, 0.5) is 0 Å². The first-order valence-electron chi connectivity index (χ1n) is 5.23. The van der Waals surface area contributed by atoms with Gasteiger partial charge in [0.2, 0.25) is 0 Å². The second-order valence-electron chi connectivity index (χ2n) is 5.05. The molecule has 0 bridgehead atoms. The third-order valence-electron chi connectivity index (χ3n) is 2.27. The minimum absolute atomic E-state index is 0.278. The second kappa shape index (κ2) is 4.04. The van der Waals surface area contributed by atoms with Gasteiger partial charge in [-0.2, -0.15) is 0 Å². The number of benzene rings is 1. The van der Waals surface area contributed by atoms with Gasteiger partial charge < -0.3 is 5.11 Å². The van der Waals surface area contributed by atoms with Gasteiger partial charge >= 0.3 is 0 Å². The summed E-state index contributed by atoms with van der Waals surface area (Å²) in [7, 11) is 0. The van der Waals surface area contributed by atoms with Crippen molar-refractivity contribution in [3.8, 4) is 5.75 Å². The molecule has 0 saturated carbocycles. The molecule has 78 valence electrons. The van der Waals surface area contributed by atoms with Gasteiger partial charge in [0.05, 0.1) is 0 Å². The van der Waals surface area contributed by atoms with Crippen molar-refractivity contribution in [2.75, 3.05) is 0 Å². The first-order valence-corrected chi connectivity index (χ1v) is 5.23. The van der Waals surface area contributed by atoms with Gasteiger partial charge in [-0.3, -0.25) is 0 Å². The first kappa shape index (κ1) is 11.1. The molecule has 0 unspecified atom stereocenters. The first-order chi connectivity index (χ1) is 6.42. The zero-order valence-electron chi connectivity index (χ0n) is 9.59. The molecule has 0 heterocycles. The number of hydrogen-bond acceptors (Lipinski definition) is 1. The standard InChI is InChI=1S/C13H20O/c1-5-11-7-6-10(8-12(11)14)9-13(2,3)4/h6-8,14H,5,9H2,1-4H3. The molecule has 1 N–H and O–H groups in total. The van der Waals surface area contributed by atoms with Gasteiger partial charge in [0.25, 0.3) is 0 Å². The van der Waals surface area contributed by atoms with Crippen molar-refractivity contribution in [2.24, 2.45) is 5.41 Å². The van der Waals surface area contributed by atoms with Crippen LogP contribution >= 0.6 is 0 Å². The average Bonchev–Trinajstić information content (AvgIpc) is 2.01. The normalized spacial score (nSPS) is 11.7. The Hall–Kier alpha value is -0.980. The highest BCUT2D eigenvalue weighted by Gasteiger charge is 2.12. The van der Waals surface area contributed by atoms with Gasteiger partial charge in [-0.15, -0.1) is 0 Å². The van der Waals surface area contributed by atoms with Crippen LogP contribution in [0.3, 0.4) is 0 Å². The predicted molar refractivity (Wildman–Crippen MR) is 60.6 cm³/mol. The maximum Gasteiger partial charge on any atom is 0.119 e. The van der Waals surface area contributed by atoms with E-state index in [-0.39, 0.29) is 5.41 Å². The zero-order chi connectivity index (χ0) is 10.8. The molecule has 0 amide bonds. The van der Waals surface area contributed by atoms with Gasteiger partial charge in [0, 0.05) is 0 Å². The Bertz CT molecular complexity index is 308. The molecule has 0 radical (unpaired) electrons. The summed E-state index contributed by atoms with van der Waals surface area (Å²) in [5.41, 5.74) is 2.52. The maximum atomic E-state index is 9.69. The molecule has 1 heteroatoms. The molecule has 0 fully saturated rings. The molecule has 1 rings (SSSR count). The van der Waals surface area contributed by atoms with Crippen LogP contribution in [-0.4, -0.2) is 5.11 Å². The Labute approximate surface area is 86.8 Å². The summed E-state index contributed by atoms with van der Waals surface area (Å²) < 4.78 is 0. The van der Waals surface area contributed by atoms with Gasteiger partial charge in [0.1, 0.15) is 5.75 Å². The van der Waals surface area contributed by atoms with Crippen LogP contribution in [0, 0.1) is 5.41 Å². The van der Waals surface area contributed by atoms with E-state index in [1.807, 2.05) is 12.1 Å². The molecule has 0 aliphatic rings. The molecule has 1 nitrogen and oxygen atoms in total. The Balaban J connectivity index is 2.87. The van der Waals surface area contributed by atoms with E-state index >= 15 is 0 Å². The molecule has 0 spiro atoms. The van der Waals surface area contributed by atoms with Crippen LogP contribution in [0.1, 0.15) is 38.8 Å². The van der Waals surface area contributed by atoms with E-state index in [1.54, 1.807) is 0 Å². The minimum atomic E-state index is 0.278. The molecule has 1 aromatic rings. The molecular formula is C13H20O. The van der Waals surface area contributed by atoms with Crippen LogP contribution in [0.5, 0.6) is 5.75 Å². The highest BCUT2D eigenvalue weighted by molar-refractivity contribution is 5.36. The number of hydrogen-bond donors (Lipinski definition) is 1. The summed E-state index contributed by atoms with van der Waals surface area (Å²) in [5, 5.41) is 9.69. The van der Waals surface area contributed by atoms with Crippen molar-refractivity contribution in [1.82, 2.24) is 0 Å². The van der Waals surface area contributed by atoms with Gasteiger partial charge in [-0.25, -0.2) is 0 Å². The fourth-order valence-corrected chi connectivity index (χ4v) is 1.63. The summed E-state index contributed by atoms with van der Waals surface area (Å²) in [6.07, 6.45) is 1.90. The Kier molecular flexibility index (Phi) is 3.20. The smallest absolute Gasteiger partial charge is 0.119 e. The van der Waals surface area contributed by atoms with Crippen LogP contribution in [0.15, 0.2) is 18.2 Å². The monoisotopic (exact) mass is 192 g/mol. The van der Waals surface area contributed by atoms with Crippen LogP contribution in [0.2, 0.25) is 0 Å². The van der Waals surface area contributed by atoms with Crippen molar-refractivity contribution in [1.29, 1.82) is 0 Å². The average molecular weight is 192 g/mol. The number of phenols is 1. The summed E-state index contributed by atoms with van der Waals surface area (Å²) in [4.78, 5) is 0. The van der Waals surface area contributed by atoms with Crippen molar-refractivity contribution >= 4 is 0 Å². The lowest BCUT2D eigenvalue weighted by Gasteiger charge is -2.18. The van der Waals surface area contributed by atoms with Gasteiger partial charge in [-0.1, -0.05) is 39.8 Å². The predicted octanol–water partition coefficient (Wildman–Crippen LogP) is 3.54. The number of rotatable bonds is 2. The molecule has 14 heavy (non-hydrogen) atoms. The largest absolute Gasteiger partial charge is 0.508 e. The zero-order valence-corrected chi connectivity index (χ0v) is 9.59. The maximum absolute atomic E-state index is 9.69. The van der Waals surface area contributed by atoms with E-state index in [1.165, 1.54) is 5.56 Å². The van der Waals surface area contributed by atoms with Crippen molar-refractivity contribution in [2.45, 2.75) is 40.5 Å².